The van der Waals surface area contributed by atoms with Gasteiger partial charge in [0.1, 0.15) is 0 Å². The van der Waals surface area contributed by atoms with Gasteiger partial charge in [0, 0.05) is 14.5 Å². The van der Waals surface area contributed by atoms with E-state index in [1.165, 1.54) is 18.2 Å². The van der Waals surface area contributed by atoms with Gasteiger partial charge in [-0.25, -0.2) is 14.4 Å². The van der Waals surface area contributed by atoms with Crippen molar-refractivity contribution >= 4 is 62.3 Å². The molecule has 0 atom stereocenters. The van der Waals surface area contributed by atoms with Gasteiger partial charge in [0.15, 0.2) is 12.5 Å². The molecule has 150 valence electrons. The van der Waals surface area contributed by atoms with Crippen LogP contribution >= 0.6 is 31.9 Å². The topological polar surface area (TPSA) is 121 Å². The molecule has 1 fully saturated rings. The monoisotopic (exact) mass is 526 g/mol. The van der Waals surface area contributed by atoms with E-state index in [2.05, 4.69) is 31.9 Å². The van der Waals surface area contributed by atoms with Crippen molar-refractivity contribution in [2.75, 3.05) is 13.3 Å². The highest BCUT2D eigenvalue weighted by molar-refractivity contribution is 9.10. The molecule has 2 aromatic rings. The average molecular weight is 528 g/mol. The van der Waals surface area contributed by atoms with E-state index >= 15 is 0 Å². The zero-order valence-electron chi connectivity index (χ0n) is 14.7. The van der Waals surface area contributed by atoms with Crippen LogP contribution in [0.4, 0.5) is 0 Å². The number of halogens is 2. The molecule has 1 saturated heterocycles. The minimum atomic E-state index is -1.10. The molecular weight excluding hydrogens is 514 g/mol. The van der Waals surface area contributed by atoms with E-state index in [1.807, 2.05) is 0 Å². The quantitative estimate of drug-likeness (QED) is 0.356. The first-order chi connectivity index (χ1) is 13.7. The maximum Gasteiger partial charge on any atom is 0.377 e. The molecule has 29 heavy (non-hydrogen) atoms. The van der Waals surface area contributed by atoms with Crippen molar-refractivity contribution in [3.63, 3.8) is 0 Å². The summed E-state index contributed by atoms with van der Waals surface area (Å²) in [5.74, 6) is -2.42. The van der Waals surface area contributed by atoms with Gasteiger partial charge in [0.25, 0.3) is 6.73 Å². The fourth-order valence-corrected chi connectivity index (χ4v) is 3.06. The molecular formula is C19H14Br2NO7+. The number of carboxylic acids is 2. The zero-order valence-corrected chi connectivity index (χ0v) is 17.8. The number of hydrogen-bond acceptors (Lipinski definition) is 5. The summed E-state index contributed by atoms with van der Waals surface area (Å²) in [6, 6.07) is 9.42. The standard InChI is InChI=1S/C11H8BrNO4.C8H5BrO3/c12-8-2-1-7(9(3-8)11(15)16)4-13-5-10(14)17-6-13;9-6-2-1-5(4-10)7(3-6)8(11)12/h1-4H,5-6H2;1-4H,(H,11,12)/p+1/b13-4+;. The number of ether oxygens (including phenoxy) is 1. The summed E-state index contributed by atoms with van der Waals surface area (Å²) in [5.41, 5.74) is 0.919. The molecule has 2 aromatic carbocycles. The van der Waals surface area contributed by atoms with E-state index < -0.39 is 11.9 Å². The van der Waals surface area contributed by atoms with Crippen molar-refractivity contribution in [2.24, 2.45) is 0 Å². The fraction of sp³-hybridized carbons (Fsp3) is 0.105. The van der Waals surface area contributed by atoms with Crippen LogP contribution in [-0.4, -0.2) is 58.5 Å². The number of aromatic carboxylic acids is 2. The van der Waals surface area contributed by atoms with Crippen molar-refractivity contribution in [1.29, 1.82) is 0 Å². The lowest BCUT2D eigenvalue weighted by atomic mass is 10.1. The fourth-order valence-electron chi connectivity index (χ4n) is 2.33. The molecule has 0 aromatic heterocycles. The third-order valence-electron chi connectivity index (χ3n) is 3.66. The van der Waals surface area contributed by atoms with Gasteiger partial charge in [-0.05, 0) is 36.4 Å². The molecule has 0 bridgehead atoms. The highest BCUT2D eigenvalue weighted by Gasteiger charge is 2.24. The second kappa shape index (κ2) is 10.1. The third-order valence-corrected chi connectivity index (χ3v) is 4.65. The summed E-state index contributed by atoms with van der Waals surface area (Å²) >= 11 is 6.33. The van der Waals surface area contributed by atoms with Crippen LogP contribution in [0.5, 0.6) is 0 Å². The maximum absolute atomic E-state index is 11.1. The van der Waals surface area contributed by atoms with Gasteiger partial charge < -0.3 is 14.9 Å². The summed E-state index contributed by atoms with van der Waals surface area (Å²) in [4.78, 5) is 42.9. The molecule has 3 rings (SSSR count). The first kappa shape index (κ1) is 22.4. The lowest BCUT2D eigenvalue weighted by Crippen LogP contribution is -2.13. The Morgan fingerprint density at radius 2 is 1.48 bits per heavy atom. The highest BCUT2D eigenvalue weighted by atomic mass is 79.9. The maximum atomic E-state index is 11.1. The molecule has 0 aliphatic carbocycles. The van der Waals surface area contributed by atoms with E-state index in [0.29, 0.717) is 20.8 Å². The minimum absolute atomic E-state index is 0.0133. The smallest absolute Gasteiger partial charge is 0.377 e. The second-order valence-electron chi connectivity index (χ2n) is 5.71. The van der Waals surface area contributed by atoms with Gasteiger partial charge in [-0.2, -0.15) is 4.58 Å². The van der Waals surface area contributed by atoms with Crippen LogP contribution in [0, 0.1) is 0 Å². The van der Waals surface area contributed by atoms with Crippen molar-refractivity contribution in [3.8, 4) is 0 Å². The van der Waals surface area contributed by atoms with E-state index in [9.17, 15) is 19.2 Å². The highest BCUT2D eigenvalue weighted by Crippen LogP contribution is 2.16. The Labute approximate surface area is 181 Å². The lowest BCUT2D eigenvalue weighted by molar-refractivity contribution is -0.519. The van der Waals surface area contributed by atoms with Gasteiger partial charge in [-0.1, -0.05) is 31.9 Å². The Hall–Kier alpha value is -2.85. The molecule has 1 aliphatic heterocycles. The Bertz CT molecular complexity index is 1020. The Morgan fingerprint density at radius 3 is 1.93 bits per heavy atom. The number of carbonyl (C=O) groups excluding carboxylic acids is 2. The average Bonchev–Trinajstić information content (AvgIpc) is 3.08. The number of carbonyl (C=O) groups is 4. The summed E-state index contributed by atoms with van der Waals surface area (Å²) in [6.07, 6.45) is 2.14. The van der Waals surface area contributed by atoms with Crippen LogP contribution in [0.15, 0.2) is 45.3 Å². The van der Waals surface area contributed by atoms with Crippen molar-refractivity contribution in [2.45, 2.75) is 0 Å². The molecule has 2 N–H and O–H groups in total. The summed E-state index contributed by atoms with van der Waals surface area (Å²) < 4.78 is 7.72. The number of benzene rings is 2. The number of aldehydes is 1. The summed E-state index contributed by atoms with van der Waals surface area (Å²) in [6.45, 7) is 0.309. The zero-order chi connectivity index (χ0) is 21.6. The Balaban J connectivity index is 0.000000221. The molecule has 0 saturated carbocycles. The lowest BCUT2D eigenvalue weighted by Gasteiger charge is -2.00. The van der Waals surface area contributed by atoms with Crippen LogP contribution in [0.2, 0.25) is 0 Å². The predicted octanol–water partition coefficient (Wildman–Crippen LogP) is 3.05. The van der Waals surface area contributed by atoms with Gasteiger partial charge in [-0.3, -0.25) is 4.79 Å². The number of cyclic esters (lactones) is 1. The normalized spacial score (nSPS) is 14.0. The van der Waals surface area contributed by atoms with Gasteiger partial charge in [-0.15, -0.1) is 0 Å². The number of nitrogens with zero attached hydrogens (tertiary/aromatic N) is 1. The first-order valence-electron chi connectivity index (χ1n) is 7.96. The summed E-state index contributed by atoms with van der Waals surface area (Å²) in [7, 11) is 0. The largest absolute Gasteiger partial charge is 0.478 e. The van der Waals surface area contributed by atoms with Gasteiger partial charge in [0.2, 0.25) is 6.54 Å². The molecule has 0 unspecified atom stereocenters. The van der Waals surface area contributed by atoms with E-state index in [-0.39, 0.29) is 35.9 Å². The third kappa shape index (κ3) is 6.33. The van der Waals surface area contributed by atoms with Crippen molar-refractivity contribution in [1.82, 2.24) is 0 Å². The number of carboxylic acid groups (broad SMARTS) is 2. The van der Waals surface area contributed by atoms with Crippen LogP contribution in [0.25, 0.3) is 0 Å². The number of rotatable bonds is 4. The van der Waals surface area contributed by atoms with Crippen LogP contribution in [-0.2, 0) is 9.53 Å². The minimum Gasteiger partial charge on any atom is -0.478 e. The first-order valence-corrected chi connectivity index (χ1v) is 9.55. The Morgan fingerprint density at radius 1 is 0.966 bits per heavy atom. The van der Waals surface area contributed by atoms with E-state index in [0.717, 1.165) is 0 Å². The molecule has 1 aliphatic rings. The molecule has 0 amide bonds. The molecule has 0 spiro atoms. The molecule has 10 heteroatoms. The number of esters is 1. The van der Waals surface area contributed by atoms with Crippen molar-refractivity contribution < 1.29 is 38.7 Å². The number of hydrogen-bond donors (Lipinski definition) is 2. The van der Waals surface area contributed by atoms with Crippen LogP contribution < -0.4 is 0 Å². The van der Waals surface area contributed by atoms with Gasteiger partial charge in [0.05, 0.1) is 16.7 Å². The Kier molecular flexibility index (Phi) is 7.80. The van der Waals surface area contributed by atoms with E-state index in [1.54, 1.807) is 29.0 Å². The SMILES string of the molecule is O=C1C/[N+](=C\c2ccc(Br)cc2C(=O)O)CO1.O=Cc1ccc(Br)cc1C(=O)O. The van der Waals surface area contributed by atoms with Crippen LogP contribution in [0.3, 0.4) is 0 Å². The second-order valence-corrected chi connectivity index (χ2v) is 7.54. The van der Waals surface area contributed by atoms with Crippen molar-refractivity contribution in [3.05, 3.63) is 67.6 Å². The van der Waals surface area contributed by atoms with E-state index in [4.69, 9.17) is 14.9 Å². The molecule has 0 radical (unpaired) electrons. The van der Waals surface area contributed by atoms with Gasteiger partial charge >= 0.3 is 17.9 Å². The molecule has 8 nitrogen and oxygen atoms in total. The predicted molar refractivity (Wildman–Crippen MR) is 109 cm³/mol. The van der Waals surface area contributed by atoms with Crippen LogP contribution in [0.1, 0.15) is 36.6 Å². The summed E-state index contributed by atoms with van der Waals surface area (Å²) in [5, 5.41) is 17.7. The molecule has 1 heterocycles.